The standard InChI is InChI=1S/C19H17BrN2O2S/c20-16-8-10-17(11-9-16)25(23,24)22-14-13-21-12-4-7-18(21)19(22)15-5-2-1-3-6-15/h1-12,19H,13-14H2/t19-/m1/s1. The van der Waals surface area contributed by atoms with E-state index in [0.29, 0.717) is 18.0 Å². The van der Waals surface area contributed by atoms with Crippen LogP contribution in [0.3, 0.4) is 0 Å². The zero-order chi connectivity index (χ0) is 17.4. The molecule has 0 radical (unpaired) electrons. The lowest BCUT2D eigenvalue weighted by molar-refractivity contribution is 0.298. The summed E-state index contributed by atoms with van der Waals surface area (Å²) in [4.78, 5) is 0.316. The third-order valence-corrected chi connectivity index (χ3v) is 6.94. The molecule has 0 spiro atoms. The summed E-state index contributed by atoms with van der Waals surface area (Å²) < 4.78 is 31.2. The summed E-state index contributed by atoms with van der Waals surface area (Å²) in [5, 5.41) is 0. The van der Waals surface area contributed by atoms with Crippen LogP contribution < -0.4 is 0 Å². The average molecular weight is 417 g/mol. The molecule has 1 atom stereocenters. The highest BCUT2D eigenvalue weighted by Gasteiger charge is 2.37. The molecular formula is C19H17BrN2O2S. The van der Waals surface area contributed by atoms with Crippen molar-refractivity contribution in [2.45, 2.75) is 17.5 Å². The quantitative estimate of drug-likeness (QED) is 0.646. The van der Waals surface area contributed by atoms with Gasteiger partial charge in [0, 0.05) is 29.5 Å². The van der Waals surface area contributed by atoms with E-state index in [9.17, 15) is 8.42 Å². The number of nitrogens with zero attached hydrogens (tertiary/aromatic N) is 2. The minimum atomic E-state index is -3.60. The molecule has 3 aromatic rings. The second-order valence-corrected chi connectivity index (χ2v) is 8.82. The molecule has 0 saturated heterocycles. The SMILES string of the molecule is O=S(=O)(c1ccc(Br)cc1)N1CCn2cccc2[C@H]1c1ccccc1. The van der Waals surface area contributed by atoms with Gasteiger partial charge in [-0.2, -0.15) is 4.31 Å². The van der Waals surface area contributed by atoms with Gasteiger partial charge in [0.2, 0.25) is 10.0 Å². The Bertz CT molecular complexity index is 982. The summed E-state index contributed by atoms with van der Waals surface area (Å²) in [6.07, 6.45) is 2.01. The van der Waals surface area contributed by atoms with Gasteiger partial charge < -0.3 is 4.57 Å². The Balaban J connectivity index is 1.84. The fourth-order valence-corrected chi connectivity index (χ4v) is 5.18. The highest BCUT2D eigenvalue weighted by molar-refractivity contribution is 9.10. The molecule has 25 heavy (non-hydrogen) atoms. The monoisotopic (exact) mass is 416 g/mol. The maximum atomic E-state index is 13.3. The van der Waals surface area contributed by atoms with Crippen molar-refractivity contribution in [3.63, 3.8) is 0 Å². The van der Waals surface area contributed by atoms with Gasteiger partial charge in [0.05, 0.1) is 10.9 Å². The van der Waals surface area contributed by atoms with Crippen molar-refractivity contribution in [2.75, 3.05) is 6.54 Å². The zero-order valence-electron chi connectivity index (χ0n) is 13.4. The number of aromatic nitrogens is 1. The van der Waals surface area contributed by atoms with Crippen LogP contribution in [0.1, 0.15) is 17.3 Å². The maximum absolute atomic E-state index is 13.3. The number of benzene rings is 2. The number of halogens is 1. The first kappa shape index (κ1) is 16.6. The molecule has 1 aliphatic rings. The van der Waals surface area contributed by atoms with Crippen LogP contribution in [0.15, 0.2) is 82.3 Å². The van der Waals surface area contributed by atoms with Crippen molar-refractivity contribution in [2.24, 2.45) is 0 Å². The van der Waals surface area contributed by atoms with E-state index in [2.05, 4.69) is 20.5 Å². The summed E-state index contributed by atoms with van der Waals surface area (Å²) in [5.41, 5.74) is 1.97. The van der Waals surface area contributed by atoms with E-state index in [0.717, 1.165) is 15.7 Å². The van der Waals surface area contributed by atoms with Crippen molar-refractivity contribution in [1.29, 1.82) is 0 Å². The lowest BCUT2D eigenvalue weighted by Crippen LogP contribution is -2.42. The van der Waals surface area contributed by atoms with Gasteiger partial charge in [-0.1, -0.05) is 46.3 Å². The van der Waals surface area contributed by atoms with Gasteiger partial charge in [-0.15, -0.1) is 0 Å². The van der Waals surface area contributed by atoms with Crippen LogP contribution in [0.2, 0.25) is 0 Å². The molecule has 0 fully saturated rings. The van der Waals surface area contributed by atoms with Crippen LogP contribution in [0.4, 0.5) is 0 Å². The Hall–Kier alpha value is -1.89. The zero-order valence-corrected chi connectivity index (χ0v) is 15.8. The van der Waals surface area contributed by atoms with Gasteiger partial charge in [0.25, 0.3) is 0 Å². The van der Waals surface area contributed by atoms with Crippen molar-refractivity contribution < 1.29 is 8.42 Å². The Labute approximate surface area is 155 Å². The van der Waals surface area contributed by atoms with Crippen molar-refractivity contribution in [1.82, 2.24) is 8.87 Å². The largest absolute Gasteiger partial charge is 0.348 e. The first-order valence-corrected chi connectivity index (χ1v) is 10.3. The first-order valence-electron chi connectivity index (χ1n) is 8.05. The van der Waals surface area contributed by atoms with E-state index in [-0.39, 0.29) is 6.04 Å². The van der Waals surface area contributed by atoms with Gasteiger partial charge in [-0.05, 0) is 42.0 Å². The van der Waals surface area contributed by atoms with Crippen molar-refractivity contribution in [3.8, 4) is 0 Å². The molecule has 0 bridgehead atoms. The van der Waals surface area contributed by atoms with Gasteiger partial charge >= 0.3 is 0 Å². The number of hydrogen-bond acceptors (Lipinski definition) is 2. The first-order chi connectivity index (χ1) is 12.1. The summed E-state index contributed by atoms with van der Waals surface area (Å²) in [5.74, 6) is 0. The predicted octanol–water partition coefficient (Wildman–Crippen LogP) is 4.04. The topological polar surface area (TPSA) is 42.3 Å². The Morgan fingerprint density at radius 1 is 0.880 bits per heavy atom. The van der Waals surface area contributed by atoms with Crippen molar-refractivity contribution >= 4 is 26.0 Å². The fraction of sp³-hybridized carbons (Fsp3) is 0.158. The molecule has 1 aliphatic heterocycles. The molecule has 0 unspecified atom stereocenters. The highest BCUT2D eigenvalue weighted by atomic mass is 79.9. The molecule has 4 nitrogen and oxygen atoms in total. The lowest BCUT2D eigenvalue weighted by atomic mass is 10.0. The Morgan fingerprint density at radius 2 is 1.60 bits per heavy atom. The molecular weight excluding hydrogens is 400 g/mol. The van der Waals surface area contributed by atoms with Crippen LogP contribution in [0.25, 0.3) is 0 Å². The summed E-state index contributed by atoms with van der Waals surface area (Å²) >= 11 is 3.36. The van der Waals surface area contributed by atoms with Crippen LogP contribution in [0.5, 0.6) is 0 Å². The Morgan fingerprint density at radius 3 is 2.32 bits per heavy atom. The smallest absolute Gasteiger partial charge is 0.244 e. The van der Waals surface area contributed by atoms with E-state index in [1.807, 2.05) is 48.7 Å². The van der Waals surface area contributed by atoms with Crippen LogP contribution in [-0.4, -0.2) is 23.8 Å². The second-order valence-electron chi connectivity index (χ2n) is 6.01. The van der Waals surface area contributed by atoms with Crippen LogP contribution >= 0.6 is 15.9 Å². The minimum absolute atomic E-state index is 0.316. The predicted molar refractivity (Wildman–Crippen MR) is 101 cm³/mol. The van der Waals surface area contributed by atoms with E-state index >= 15 is 0 Å². The van der Waals surface area contributed by atoms with Gasteiger partial charge in [-0.3, -0.25) is 0 Å². The average Bonchev–Trinajstić information content (AvgIpc) is 3.10. The van der Waals surface area contributed by atoms with Gasteiger partial charge in [0.1, 0.15) is 0 Å². The lowest BCUT2D eigenvalue weighted by Gasteiger charge is -2.36. The number of hydrogen-bond donors (Lipinski definition) is 0. The van der Waals surface area contributed by atoms with Crippen LogP contribution in [-0.2, 0) is 16.6 Å². The number of rotatable bonds is 3. The fourth-order valence-electron chi connectivity index (χ4n) is 3.34. The third kappa shape index (κ3) is 2.94. The van der Waals surface area contributed by atoms with E-state index in [1.54, 1.807) is 28.6 Å². The summed E-state index contributed by atoms with van der Waals surface area (Å²) in [6.45, 7) is 1.10. The van der Waals surface area contributed by atoms with Gasteiger partial charge in [0.15, 0.2) is 0 Å². The summed E-state index contributed by atoms with van der Waals surface area (Å²) in [7, 11) is -3.60. The molecule has 2 aromatic carbocycles. The molecule has 0 N–H and O–H groups in total. The molecule has 4 rings (SSSR count). The molecule has 6 heteroatoms. The molecule has 0 aliphatic carbocycles. The molecule has 2 heterocycles. The van der Waals surface area contributed by atoms with Gasteiger partial charge in [-0.25, -0.2) is 8.42 Å². The third-order valence-electron chi connectivity index (χ3n) is 4.53. The molecule has 128 valence electrons. The molecule has 0 amide bonds. The molecule has 1 aromatic heterocycles. The number of fused-ring (bicyclic) bond motifs is 1. The Kier molecular flexibility index (Phi) is 4.27. The van der Waals surface area contributed by atoms with E-state index in [4.69, 9.17) is 0 Å². The maximum Gasteiger partial charge on any atom is 0.244 e. The summed E-state index contributed by atoms with van der Waals surface area (Å²) in [6, 6.07) is 20.3. The number of sulfonamides is 1. The molecule has 0 saturated carbocycles. The highest BCUT2D eigenvalue weighted by Crippen LogP contribution is 2.36. The van der Waals surface area contributed by atoms with Crippen LogP contribution in [0, 0.1) is 0 Å². The normalized spacial score (nSPS) is 18.0. The second kappa shape index (κ2) is 6.44. The van der Waals surface area contributed by atoms with E-state index in [1.165, 1.54) is 0 Å². The minimum Gasteiger partial charge on any atom is -0.348 e. The van der Waals surface area contributed by atoms with Crippen molar-refractivity contribution in [3.05, 3.63) is 88.7 Å². The van der Waals surface area contributed by atoms with E-state index < -0.39 is 10.0 Å².